The van der Waals surface area contributed by atoms with Gasteiger partial charge in [-0.2, -0.15) is 0 Å². The number of carbonyl (C=O) groups excluding carboxylic acids is 1. The summed E-state index contributed by atoms with van der Waals surface area (Å²) in [6.07, 6.45) is 1.32. The van der Waals surface area contributed by atoms with Crippen LogP contribution in [0.4, 0.5) is 10.5 Å². The van der Waals surface area contributed by atoms with Gasteiger partial charge in [0, 0.05) is 28.3 Å². The molecular formula is C16H21ClN2O3S. The van der Waals surface area contributed by atoms with Crippen LogP contribution in [0.25, 0.3) is 0 Å². The highest BCUT2D eigenvalue weighted by Crippen LogP contribution is 2.33. The molecule has 2 rings (SSSR count). The Kier molecular flexibility index (Phi) is 6.18. The van der Waals surface area contributed by atoms with Gasteiger partial charge in [-0.1, -0.05) is 25.4 Å². The molecule has 1 aromatic rings. The van der Waals surface area contributed by atoms with E-state index in [1.54, 1.807) is 28.8 Å². The first kappa shape index (κ1) is 17.9. The number of nitrogens with zero attached hydrogens (tertiary/aromatic N) is 1. The van der Waals surface area contributed by atoms with Crippen molar-refractivity contribution in [3.8, 4) is 0 Å². The Bertz CT molecular complexity index is 595. The lowest BCUT2D eigenvalue weighted by molar-refractivity contribution is -0.143. The molecule has 0 aliphatic carbocycles. The van der Waals surface area contributed by atoms with Gasteiger partial charge < -0.3 is 15.3 Å². The molecule has 0 radical (unpaired) electrons. The molecule has 1 fully saturated rings. The highest BCUT2D eigenvalue weighted by molar-refractivity contribution is 8.00. The number of nitrogens with one attached hydrogen (secondary N) is 1. The number of piperidine rings is 1. The number of halogens is 1. The normalized spacial score (nSPS) is 18.1. The van der Waals surface area contributed by atoms with Crippen molar-refractivity contribution >= 4 is 41.1 Å². The first-order valence-electron chi connectivity index (χ1n) is 7.61. The van der Waals surface area contributed by atoms with E-state index >= 15 is 0 Å². The lowest BCUT2D eigenvalue weighted by Gasteiger charge is -2.31. The van der Waals surface area contributed by atoms with E-state index in [-0.39, 0.29) is 12.6 Å². The van der Waals surface area contributed by atoms with Gasteiger partial charge in [-0.05, 0) is 31.0 Å². The lowest BCUT2D eigenvalue weighted by atomic mass is 9.99. The summed E-state index contributed by atoms with van der Waals surface area (Å²) in [5.41, 5.74) is 0.665. The average Bonchev–Trinajstić information content (AvgIpc) is 2.49. The molecular weight excluding hydrogens is 336 g/mol. The van der Waals surface area contributed by atoms with E-state index in [9.17, 15) is 9.59 Å². The van der Waals surface area contributed by atoms with E-state index in [1.165, 1.54) is 0 Å². The van der Waals surface area contributed by atoms with Crippen molar-refractivity contribution in [1.82, 2.24) is 4.90 Å². The van der Waals surface area contributed by atoms with Crippen LogP contribution in [0.2, 0.25) is 5.02 Å². The molecule has 1 aliphatic heterocycles. The summed E-state index contributed by atoms with van der Waals surface area (Å²) in [7, 11) is 0. The van der Waals surface area contributed by atoms with Gasteiger partial charge in [-0.25, -0.2) is 4.79 Å². The number of rotatable bonds is 4. The van der Waals surface area contributed by atoms with Crippen LogP contribution in [-0.4, -0.2) is 40.3 Å². The van der Waals surface area contributed by atoms with Crippen molar-refractivity contribution in [2.45, 2.75) is 36.8 Å². The third-order valence-corrected chi connectivity index (χ3v) is 4.92. The Hall–Kier alpha value is -1.40. The minimum absolute atomic E-state index is 0.244. The molecule has 0 spiro atoms. The summed E-state index contributed by atoms with van der Waals surface area (Å²) >= 11 is 7.68. The van der Waals surface area contributed by atoms with Gasteiger partial charge in [0.1, 0.15) is 0 Å². The van der Waals surface area contributed by atoms with Crippen LogP contribution in [0.1, 0.15) is 26.7 Å². The second-order valence-electron chi connectivity index (χ2n) is 5.86. The maximum absolute atomic E-state index is 12.5. The van der Waals surface area contributed by atoms with Crippen molar-refractivity contribution < 1.29 is 14.7 Å². The van der Waals surface area contributed by atoms with E-state index in [0.717, 1.165) is 4.90 Å². The van der Waals surface area contributed by atoms with Crippen LogP contribution in [0.3, 0.4) is 0 Å². The summed E-state index contributed by atoms with van der Waals surface area (Å²) in [5.74, 6) is -1.33. The highest BCUT2D eigenvalue weighted by Gasteiger charge is 2.28. The fourth-order valence-corrected chi connectivity index (χ4v) is 3.58. The lowest BCUT2D eigenvalue weighted by Crippen LogP contribution is -2.44. The molecule has 0 aromatic heterocycles. The molecule has 2 N–H and O–H groups in total. The minimum Gasteiger partial charge on any atom is -0.481 e. The first-order chi connectivity index (χ1) is 10.9. The second-order valence-corrected chi connectivity index (χ2v) is 7.92. The summed E-state index contributed by atoms with van der Waals surface area (Å²) in [5, 5.41) is 12.9. The van der Waals surface area contributed by atoms with Crippen molar-refractivity contribution in [2.24, 2.45) is 5.92 Å². The summed E-state index contributed by atoms with van der Waals surface area (Å²) in [6.45, 7) is 4.97. The van der Waals surface area contributed by atoms with Crippen LogP contribution in [0, 0.1) is 5.92 Å². The van der Waals surface area contributed by atoms with Crippen molar-refractivity contribution in [3.63, 3.8) is 0 Å². The van der Waals surface area contributed by atoms with Gasteiger partial charge >= 0.3 is 12.0 Å². The topological polar surface area (TPSA) is 69.6 Å². The predicted octanol–water partition coefficient (Wildman–Crippen LogP) is 4.17. The van der Waals surface area contributed by atoms with Crippen molar-refractivity contribution in [3.05, 3.63) is 23.2 Å². The third kappa shape index (κ3) is 5.04. The number of carboxylic acid groups (broad SMARTS) is 1. The average molecular weight is 357 g/mol. The molecule has 2 amide bonds. The molecule has 1 aromatic carbocycles. The number of likely N-dealkylation sites (tertiary alicyclic amines) is 1. The van der Waals surface area contributed by atoms with Crippen LogP contribution in [0.15, 0.2) is 23.1 Å². The number of urea groups is 1. The molecule has 1 heterocycles. The predicted molar refractivity (Wildman–Crippen MR) is 93.4 cm³/mol. The van der Waals surface area contributed by atoms with E-state index in [2.05, 4.69) is 19.2 Å². The number of hydrogen-bond donors (Lipinski definition) is 2. The minimum atomic E-state index is -0.846. The Labute approximate surface area is 145 Å². The number of carbonyl (C=O) groups is 2. The number of carboxylic acids is 1. The molecule has 1 unspecified atom stereocenters. The molecule has 1 atom stereocenters. The van der Waals surface area contributed by atoms with Gasteiger partial charge in [-0.15, -0.1) is 11.8 Å². The summed E-state index contributed by atoms with van der Waals surface area (Å²) in [6, 6.07) is 5.13. The second kappa shape index (κ2) is 7.93. The largest absolute Gasteiger partial charge is 0.481 e. The number of aliphatic carboxylic acids is 1. The number of benzene rings is 1. The zero-order valence-electron chi connectivity index (χ0n) is 13.2. The fraction of sp³-hybridized carbons (Fsp3) is 0.500. The molecule has 0 saturated carbocycles. The molecule has 7 heteroatoms. The Morgan fingerprint density at radius 1 is 1.43 bits per heavy atom. The molecule has 5 nitrogen and oxygen atoms in total. The zero-order valence-corrected chi connectivity index (χ0v) is 14.8. The van der Waals surface area contributed by atoms with Gasteiger partial charge in [0.2, 0.25) is 0 Å². The van der Waals surface area contributed by atoms with Crippen LogP contribution in [0.5, 0.6) is 0 Å². The SMILES string of the molecule is CC(C)Sc1ccc(Cl)cc1NC(=O)N1CCCC(C(=O)O)C1. The van der Waals surface area contributed by atoms with Gasteiger partial charge in [0.15, 0.2) is 0 Å². The van der Waals surface area contributed by atoms with E-state index in [1.807, 2.05) is 6.07 Å². The van der Waals surface area contributed by atoms with Gasteiger partial charge in [-0.3, -0.25) is 4.79 Å². The van der Waals surface area contributed by atoms with Gasteiger partial charge in [0.25, 0.3) is 0 Å². The monoisotopic (exact) mass is 356 g/mol. The molecule has 126 valence electrons. The fourth-order valence-electron chi connectivity index (χ4n) is 2.51. The standard InChI is InChI=1S/C16H21ClN2O3S/c1-10(2)23-14-6-5-12(17)8-13(14)18-16(22)19-7-3-4-11(9-19)15(20)21/h5-6,8,10-11H,3-4,7,9H2,1-2H3,(H,18,22)(H,20,21). The molecule has 0 bridgehead atoms. The maximum Gasteiger partial charge on any atom is 0.321 e. The number of thioether (sulfide) groups is 1. The first-order valence-corrected chi connectivity index (χ1v) is 8.87. The maximum atomic E-state index is 12.5. The highest BCUT2D eigenvalue weighted by atomic mass is 35.5. The Balaban J connectivity index is 2.10. The van der Waals surface area contributed by atoms with E-state index in [4.69, 9.17) is 16.7 Å². The van der Waals surface area contributed by atoms with E-state index in [0.29, 0.717) is 35.3 Å². The quantitative estimate of drug-likeness (QED) is 0.794. The van der Waals surface area contributed by atoms with Crippen LogP contribution >= 0.6 is 23.4 Å². The van der Waals surface area contributed by atoms with E-state index < -0.39 is 11.9 Å². The number of hydrogen-bond acceptors (Lipinski definition) is 3. The number of amides is 2. The third-order valence-electron chi connectivity index (χ3n) is 3.60. The Morgan fingerprint density at radius 2 is 2.17 bits per heavy atom. The molecule has 1 aliphatic rings. The van der Waals surface area contributed by atoms with Crippen LogP contribution in [-0.2, 0) is 4.79 Å². The summed E-state index contributed by atoms with van der Waals surface area (Å²) < 4.78 is 0. The Morgan fingerprint density at radius 3 is 2.83 bits per heavy atom. The molecule has 1 saturated heterocycles. The molecule has 23 heavy (non-hydrogen) atoms. The van der Waals surface area contributed by atoms with Crippen molar-refractivity contribution in [1.29, 1.82) is 0 Å². The summed E-state index contributed by atoms with van der Waals surface area (Å²) in [4.78, 5) is 26.1. The zero-order chi connectivity index (χ0) is 17.0. The van der Waals surface area contributed by atoms with Crippen molar-refractivity contribution in [2.75, 3.05) is 18.4 Å². The van der Waals surface area contributed by atoms with Crippen LogP contribution < -0.4 is 5.32 Å². The smallest absolute Gasteiger partial charge is 0.321 e. The van der Waals surface area contributed by atoms with Gasteiger partial charge in [0.05, 0.1) is 11.6 Å². The number of anilines is 1.